The minimum absolute atomic E-state index is 0.0585. The molecule has 102 valence electrons. The Morgan fingerprint density at radius 3 is 2.67 bits per heavy atom. The minimum Gasteiger partial charge on any atom is -0.322 e. The maximum atomic E-state index is 5.84. The fraction of sp³-hybridized carbons (Fsp3) is 0.769. The average molecular weight is 268 g/mol. The van der Waals surface area contributed by atoms with Crippen LogP contribution in [0.1, 0.15) is 36.5 Å². The average Bonchev–Trinajstić information content (AvgIpc) is 2.78. The van der Waals surface area contributed by atoms with Crippen LogP contribution in [0.4, 0.5) is 0 Å². The molecule has 18 heavy (non-hydrogen) atoms. The number of nitrogens with two attached hydrogens (primary N) is 1. The predicted molar refractivity (Wildman–Crippen MR) is 76.7 cm³/mol. The van der Waals surface area contributed by atoms with Gasteiger partial charge in [0.15, 0.2) is 0 Å². The van der Waals surface area contributed by atoms with Crippen LogP contribution in [-0.4, -0.2) is 48.0 Å². The molecule has 1 aromatic rings. The smallest absolute Gasteiger partial charge is 0.109 e. The lowest BCUT2D eigenvalue weighted by molar-refractivity contribution is 0.139. The van der Waals surface area contributed by atoms with Crippen molar-refractivity contribution in [2.45, 2.75) is 38.4 Å². The molecule has 2 rings (SSSR count). The third-order valence-corrected chi connectivity index (χ3v) is 4.73. The zero-order valence-corrected chi connectivity index (χ0v) is 12.4. The van der Waals surface area contributed by atoms with Crippen molar-refractivity contribution in [2.75, 3.05) is 27.2 Å². The topological polar surface area (TPSA) is 45.4 Å². The SMILES string of the molecule is CC(N)c1nc(CN2CCC(N(C)C)CC2)cs1. The highest BCUT2D eigenvalue weighted by Crippen LogP contribution is 2.20. The lowest BCUT2D eigenvalue weighted by atomic mass is 10.0. The van der Waals surface area contributed by atoms with E-state index in [1.54, 1.807) is 11.3 Å². The highest BCUT2D eigenvalue weighted by atomic mass is 32.1. The molecule has 0 radical (unpaired) electrons. The number of nitrogens with zero attached hydrogens (tertiary/aromatic N) is 3. The Hall–Kier alpha value is -0.490. The van der Waals surface area contributed by atoms with Crippen molar-refractivity contribution >= 4 is 11.3 Å². The Morgan fingerprint density at radius 2 is 2.17 bits per heavy atom. The number of likely N-dealkylation sites (tertiary alicyclic amines) is 1. The molecule has 0 aromatic carbocycles. The summed E-state index contributed by atoms with van der Waals surface area (Å²) in [6.45, 7) is 5.32. The van der Waals surface area contributed by atoms with Gasteiger partial charge in [-0.05, 0) is 33.9 Å². The summed E-state index contributed by atoms with van der Waals surface area (Å²) in [7, 11) is 4.35. The van der Waals surface area contributed by atoms with Crippen LogP contribution < -0.4 is 5.73 Å². The quantitative estimate of drug-likeness (QED) is 0.902. The highest BCUT2D eigenvalue weighted by molar-refractivity contribution is 7.09. The van der Waals surface area contributed by atoms with Gasteiger partial charge in [0, 0.05) is 31.1 Å². The van der Waals surface area contributed by atoms with Gasteiger partial charge in [0.2, 0.25) is 0 Å². The standard InChI is InChI=1S/C13H24N4S/c1-10(14)13-15-11(9-18-13)8-17-6-4-12(5-7-17)16(2)3/h9-10,12H,4-8,14H2,1-3H3. The molecule has 1 saturated heterocycles. The van der Waals surface area contributed by atoms with E-state index in [0.29, 0.717) is 0 Å². The van der Waals surface area contributed by atoms with E-state index in [2.05, 4.69) is 34.3 Å². The van der Waals surface area contributed by atoms with Crippen molar-refractivity contribution in [1.29, 1.82) is 0 Å². The van der Waals surface area contributed by atoms with Crippen LogP contribution in [0.3, 0.4) is 0 Å². The van der Waals surface area contributed by atoms with Gasteiger partial charge in [0.25, 0.3) is 0 Å². The first kappa shape index (κ1) is 13.9. The van der Waals surface area contributed by atoms with Crippen LogP contribution in [0.25, 0.3) is 0 Å². The zero-order valence-electron chi connectivity index (χ0n) is 11.6. The van der Waals surface area contributed by atoms with Crippen molar-refractivity contribution in [2.24, 2.45) is 5.73 Å². The molecule has 1 atom stereocenters. The van der Waals surface area contributed by atoms with Crippen LogP contribution in [0.15, 0.2) is 5.38 Å². The second kappa shape index (κ2) is 6.10. The number of hydrogen-bond acceptors (Lipinski definition) is 5. The Labute approximate surface area is 114 Å². The number of rotatable bonds is 4. The fourth-order valence-corrected chi connectivity index (χ4v) is 3.20. The number of thiazole rings is 1. The first-order valence-corrected chi connectivity index (χ1v) is 7.53. The summed E-state index contributed by atoms with van der Waals surface area (Å²) in [5.74, 6) is 0. The molecule has 0 bridgehead atoms. The molecule has 0 amide bonds. The normalized spacial score (nSPS) is 20.5. The summed E-state index contributed by atoms with van der Waals surface area (Å²) >= 11 is 1.68. The van der Waals surface area contributed by atoms with E-state index in [0.717, 1.165) is 17.6 Å². The summed E-state index contributed by atoms with van der Waals surface area (Å²) in [6.07, 6.45) is 2.52. The van der Waals surface area contributed by atoms with E-state index in [4.69, 9.17) is 5.73 Å². The largest absolute Gasteiger partial charge is 0.322 e. The van der Waals surface area contributed by atoms with Gasteiger partial charge < -0.3 is 10.6 Å². The van der Waals surface area contributed by atoms with Gasteiger partial charge in [-0.15, -0.1) is 11.3 Å². The minimum atomic E-state index is 0.0585. The Kier molecular flexibility index (Phi) is 4.72. The molecule has 1 unspecified atom stereocenters. The van der Waals surface area contributed by atoms with Crippen molar-refractivity contribution in [3.05, 3.63) is 16.1 Å². The van der Waals surface area contributed by atoms with E-state index >= 15 is 0 Å². The van der Waals surface area contributed by atoms with Gasteiger partial charge >= 0.3 is 0 Å². The van der Waals surface area contributed by atoms with Crippen molar-refractivity contribution < 1.29 is 0 Å². The third kappa shape index (κ3) is 3.51. The number of piperidine rings is 1. The van der Waals surface area contributed by atoms with E-state index in [1.165, 1.54) is 31.6 Å². The van der Waals surface area contributed by atoms with Gasteiger partial charge in [-0.1, -0.05) is 0 Å². The molecule has 0 saturated carbocycles. The van der Waals surface area contributed by atoms with Crippen molar-refractivity contribution in [3.8, 4) is 0 Å². The van der Waals surface area contributed by atoms with E-state index < -0.39 is 0 Å². The lowest BCUT2D eigenvalue weighted by Crippen LogP contribution is -2.41. The molecule has 2 heterocycles. The summed E-state index contributed by atoms with van der Waals surface area (Å²) < 4.78 is 0. The summed E-state index contributed by atoms with van der Waals surface area (Å²) in [5, 5.41) is 3.20. The Morgan fingerprint density at radius 1 is 1.50 bits per heavy atom. The predicted octanol–water partition coefficient (Wildman–Crippen LogP) is 1.69. The third-order valence-electron chi connectivity index (χ3n) is 3.63. The first-order chi connectivity index (χ1) is 8.56. The monoisotopic (exact) mass is 268 g/mol. The van der Waals surface area contributed by atoms with Crippen LogP contribution in [-0.2, 0) is 6.54 Å². The second-order valence-corrected chi connectivity index (χ2v) is 6.33. The molecule has 1 fully saturated rings. The Balaban J connectivity index is 1.84. The highest BCUT2D eigenvalue weighted by Gasteiger charge is 2.21. The van der Waals surface area contributed by atoms with Crippen molar-refractivity contribution in [1.82, 2.24) is 14.8 Å². The van der Waals surface area contributed by atoms with Gasteiger partial charge in [0.05, 0.1) is 11.7 Å². The molecule has 1 aliphatic heterocycles. The molecular weight excluding hydrogens is 244 g/mol. The van der Waals surface area contributed by atoms with Crippen LogP contribution >= 0.6 is 11.3 Å². The van der Waals surface area contributed by atoms with Gasteiger partial charge in [-0.3, -0.25) is 4.90 Å². The van der Waals surface area contributed by atoms with E-state index in [1.807, 2.05) is 6.92 Å². The maximum Gasteiger partial charge on any atom is 0.109 e. The molecule has 2 N–H and O–H groups in total. The van der Waals surface area contributed by atoms with Crippen LogP contribution in [0, 0.1) is 0 Å². The summed E-state index contributed by atoms with van der Waals surface area (Å²) in [4.78, 5) is 9.44. The van der Waals surface area contributed by atoms with E-state index in [9.17, 15) is 0 Å². The fourth-order valence-electron chi connectivity index (χ4n) is 2.43. The molecule has 0 spiro atoms. The molecule has 1 aromatic heterocycles. The van der Waals surface area contributed by atoms with Crippen LogP contribution in [0.2, 0.25) is 0 Å². The molecule has 5 heteroatoms. The van der Waals surface area contributed by atoms with Crippen molar-refractivity contribution in [3.63, 3.8) is 0 Å². The first-order valence-electron chi connectivity index (χ1n) is 6.65. The van der Waals surface area contributed by atoms with Gasteiger partial charge in [0.1, 0.15) is 5.01 Å². The molecule has 4 nitrogen and oxygen atoms in total. The maximum absolute atomic E-state index is 5.84. The number of hydrogen-bond donors (Lipinski definition) is 1. The van der Waals surface area contributed by atoms with Gasteiger partial charge in [-0.25, -0.2) is 4.98 Å². The number of aromatic nitrogens is 1. The lowest BCUT2D eigenvalue weighted by Gasteiger charge is -2.34. The van der Waals surface area contributed by atoms with Gasteiger partial charge in [-0.2, -0.15) is 0 Å². The summed E-state index contributed by atoms with van der Waals surface area (Å²) in [5.41, 5.74) is 7.02. The zero-order chi connectivity index (χ0) is 13.1. The van der Waals surface area contributed by atoms with E-state index in [-0.39, 0.29) is 6.04 Å². The second-order valence-electron chi connectivity index (χ2n) is 5.44. The Bertz CT molecular complexity index is 367. The molecule has 0 aliphatic carbocycles. The summed E-state index contributed by atoms with van der Waals surface area (Å²) in [6, 6.07) is 0.805. The molecular formula is C13H24N4S. The van der Waals surface area contributed by atoms with Crippen LogP contribution in [0.5, 0.6) is 0 Å². The molecule has 1 aliphatic rings.